The minimum atomic E-state index is -0.851. The number of aliphatic hydroxyl groups is 2. The number of carbonyl (C=O) groups is 2. The highest BCUT2D eigenvalue weighted by molar-refractivity contribution is 5.76. The molecule has 0 aliphatic rings. The molecule has 434 valence electrons. The van der Waals surface area contributed by atoms with Crippen LogP contribution in [-0.4, -0.2) is 47.4 Å². The lowest BCUT2D eigenvalue weighted by molar-refractivity contribution is -0.143. The van der Waals surface area contributed by atoms with Gasteiger partial charge in [0.15, 0.2) is 0 Å². The molecule has 0 heterocycles. The summed E-state index contributed by atoms with van der Waals surface area (Å²) in [5.74, 6) is -0.0781. The number of ether oxygens (including phenoxy) is 1. The molecule has 0 saturated carbocycles. The first-order valence-corrected chi connectivity index (χ1v) is 32.9. The maximum absolute atomic E-state index is 12.5. The van der Waals surface area contributed by atoms with E-state index in [1.165, 1.54) is 263 Å². The van der Waals surface area contributed by atoms with Crippen molar-refractivity contribution in [1.82, 2.24) is 5.32 Å². The van der Waals surface area contributed by atoms with Crippen molar-refractivity contribution in [3.8, 4) is 0 Å². The third-order valence-corrected chi connectivity index (χ3v) is 15.1. The average Bonchev–Trinajstić information content (AvgIpc) is 3.40. The number of hydrogen-bond donors (Lipinski definition) is 3. The van der Waals surface area contributed by atoms with Gasteiger partial charge in [0.25, 0.3) is 0 Å². The van der Waals surface area contributed by atoms with Gasteiger partial charge in [0.2, 0.25) is 5.91 Å². The van der Waals surface area contributed by atoms with E-state index in [0.717, 1.165) is 57.8 Å². The smallest absolute Gasteiger partial charge is 0.305 e. The standard InChI is InChI=1S/C68H127NO5/c1-3-5-7-9-11-13-15-17-19-20-21-24-27-30-33-36-40-44-48-52-56-60-66(71)65(64-70)69-67(72)61-57-53-49-45-41-37-34-31-28-25-22-23-26-29-32-35-39-43-47-51-55-59-63-74-68(73)62-58-54-50-46-42-38-18-16-14-12-10-8-6-4-2/h10,12,16,18,25,28,56,60,65-66,70-71H,3-9,11,13-15,17,19-24,26-27,29-55,57-59,61-64H2,1-2H3,(H,69,72)/b12-10-,18-16-,28-25-,60-56+. The Hall–Kier alpha value is -2.18. The fraction of sp³-hybridized carbons (Fsp3) is 0.853. The lowest BCUT2D eigenvalue weighted by atomic mass is 10.0. The van der Waals surface area contributed by atoms with E-state index in [2.05, 4.69) is 55.6 Å². The molecule has 0 bridgehead atoms. The van der Waals surface area contributed by atoms with Crippen LogP contribution < -0.4 is 5.32 Å². The van der Waals surface area contributed by atoms with Crippen molar-refractivity contribution >= 4 is 11.9 Å². The number of hydrogen-bond acceptors (Lipinski definition) is 5. The van der Waals surface area contributed by atoms with Gasteiger partial charge in [-0.05, 0) is 83.5 Å². The zero-order valence-corrected chi connectivity index (χ0v) is 49.6. The molecule has 0 radical (unpaired) electrons. The van der Waals surface area contributed by atoms with Crippen LogP contribution in [0.2, 0.25) is 0 Å². The molecule has 1 amide bonds. The molecule has 0 aliphatic carbocycles. The molecular formula is C68H127NO5. The van der Waals surface area contributed by atoms with E-state index in [1.807, 2.05) is 6.08 Å². The van der Waals surface area contributed by atoms with Crippen molar-refractivity contribution in [2.24, 2.45) is 0 Å². The van der Waals surface area contributed by atoms with Crippen molar-refractivity contribution in [3.63, 3.8) is 0 Å². The molecule has 0 fully saturated rings. The summed E-state index contributed by atoms with van der Waals surface area (Å²) in [7, 11) is 0. The molecule has 0 aromatic carbocycles. The fourth-order valence-corrected chi connectivity index (χ4v) is 10.00. The highest BCUT2D eigenvalue weighted by atomic mass is 16.5. The second kappa shape index (κ2) is 63.4. The molecule has 2 unspecified atom stereocenters. The van der Waals surface area contributed by atoms with E-state index in [4.69, 9.17) is 4.74 Å². The molecule has 3 N–H and O–H groups in total. The number of unbranched alkanes of at least 4 members (excludes halogenated alkanes) is 44. The van der Waals surface area contributed by atoms with Crippen LogP contribution in [0.1, 0.15) is 348 Å². The zero-order valence-electron chi connectivity index (χ0n) is 49.6. The highest BCUT2D eigenvalue weighted by Crippen LogP contribution is 2.17. The second-order valence-corrected chi connectivity index (χ2v) is 22.4. The largest absolute Gasteiger partial charge is 0.466 e. The van der Waals surface area contributed by atoms with Gasteiger partial charge in [-0.2, -0.15) is 0 Å². The number of allylic oxidation sites excluding steroid dienone is 7. The summed E-state index contributed by atoms with van der Waals surface area (Å²) in [4.78, 5) is 24.6. The topological polar surface area (TPSA) is 95.9 Å². The van der Waals surface area contributed by atoms with Crippen molar-refractivity contribution in [2.45, 2.75) is 360 Å². The van der Waals surface area contributed by atoms with Crippen molar-refractivity contribution in [3.05, 3.63) is 48.6 Å². The Kier molecular flexibility index (Phi) is 61.5. The van der Waals surface area contributed by atoms with Crippen LogP contribution in [0.3, 0.4) is 0 Å². The maximum Gasteiger partial charge on any atom is 0.305 e. The van der Waals surface area contributed by atoms with Gasteiger partial charge in [-0.3, -0.25) is 9.59 Å². The van der Waals surface area contributed by atoms with Crippen molar-refractivity contribution < 1.29 is 24.5 Å². The maximum atomic E-state index is 12.5. The summed E-state index contributed by atoms with van der Waals surface area (Å²) in [6.45, 7) is 4.87. The molecule has 0 aromatic heterocycles. The summed E-state index contributed by atoms with van der Waals surface area (Å²) >= 11 is 0. The summed E-state index contributed by atoms with van der Waals surface area (Å²) < 4.78 is 5.47. The molecule has 74 heavy (non-hydrogen) atoms. The Morgan fingerprint density at radius 3 is 1.08 bits per heavy atom. The van der Waals surface area contributed by atoms with Crippen LogP contribution in [0, 0.1) is 0 Å². The zero-order chi connectivity index (χ0) is 53.6. The molecule has 2 atom stereocenters. The normalized spacial score (nSPS) is 12.9. The van der Waals surface area contributed by atoms with E-state index < -0.39 is 12.1 Å². The Bertz CT molecular complexity index is 1240. The molecule has 0 aromatic rings. The Morgan fingerprint density at radius 1 is 0.378 bits per heavy atom. The summed E-state index contributed by atoms with van der Waals surface area (Å²) in [5, 5.41) is 23.2. The first-order chi connectivity index (χ1) is 36.5. The summed E-state index contributed by atoms with van der Waals surface area (Å²) in [5.41, 5.74) is 0. The number of nitrogens with one attached hydrogen (secondary N) is 1. The Balaban J connectivity index is 3.46. The third-order valence-electron chi connectivity index (χ3n) is 15.1. The molecule has 0 aliphatic heterocycles. The predicted octanol–water partition coefficient (Wildman–Crippen LogP) is 20.9. The van der Waals surface area contributed by atoms with Gasteiger partial charge in [-0.1, -0.05) is 300 Å². The first-order valence-electron chi connectivity index (χ1n) is 32.9. The van der Waals surface area contributed by atoms with Gasteiger partial charge >= 0.3 is 5.97 Å². The Morgan fingerprint density at radius 2 is 0.689 bits per heavy atom. The van der Waals surface area contributed by atoms with E-state index in [0.29, 0.717) is 19.4 Å². The van der Waals surface area contributed by atoms with E-state index >= 15 is 0 Å². The van der Waals surface area contributed by atoms with Crippen LogP contribution in [-0.2, 0) is 14.3 Å². The van der Waals surface area contributed by atoms with Crippen LogP contribution in [0.25, 0.3) is 0 Å². The van der Waals surface area contributed by atoms with Crippen LogP contribution >= 0.6 is 0 Å². The predicted molar refractivity (Wildman–Crippen MR) is 324 cm³/mol. The number of rotatable bonds is 61. The van der Waals surface area contributed by atoms with Gasteiger partial charge in [-0.25, -0.2) is 0 Å². The van der Waals surface area contributed by atoms with Crippen LogP contribution in [0.15, 0.2) is 48.6 Å². The first kappa shape index (κ1) is 71.8. The average molecular weight is 1040 g/mol. The van der Waals surface area contributed by atoms with Crippen molar-refractivity contribution in [2.75, 3.05) is 13.2 Å². The van der Waals surface area contributed by atoms with Crippen molar-refractivity contribution in [1.29, 1.82) is 0 Å². The molecule has 0 rings (SSSR count). The number of esters is 1. The molecule has 6 heteroatoms. The van der Waals surface area contributed by atoms with E-state index in [-0.39, 0.29) is 18.5 Å². The van der Waals surface area contributed by atoms with E-state index in [1.54, 1.807) is 6.08 Å². The SMILES string of the molecule is CCCC/C=C\C/C=C\CCCCCCCC(=O)OCCCCCCCCCCCCC/C=C\CCCCCCCCCC(=O)NC(CO)C(O)/C=C/CCCCCCCCCCCCCCCCCCCCC. The Labute approximate surface area is 461 Å². The molecule has 6 nitrogen and oxygen atoms in total. The highest BCUT2D eigenvalue weighted by Gasteiger charge is 2.18. The molecule has 0 saturated heterocycles. The van der Waals surface area contributed by atoms with E-state index in [9.17, 15) is 19.8 Å². The number of carbonyl (C=O) groups excluding carboxylic acids is 2. The van der Waals surface area contributed by atoms with Gasteiger partial charge < -0.3 is 20.3 Å². The number of aliphatic hydroxyl groups excluding tert-OH is 2. The summed E-state index contributed by atoms with van der Waals surface area (Å²) in [6, 6.07) is -0.635. The lowest BCUT2D eigenvalue weighted by Crippen LogP contribution is -2.45. The minimum absolute atomic E-state index is 0.00529. The van der Waals surface area contributed by atoms with Gasteiger partial charge in [0, 0.05) is 12.8 Å². The molecular weight excluding hydrogens is 911 g/mol. The second-order valence-electron chi connectivity index (χ2n) is 22.4. The van der Waals surface area contributed by atoms with Crippen LogP contribution in [0.5, 0.6) is 0 Å². The summed E-state index contributed by atoms with van der Waals surface area (Å²) in [6.07, 6.45) is 81.6. The fourth-order valence-electron chi connectivity index (χ4n) is 10.00. The van der Waals surface area contributed by atoms with Gasteiger partial charge in [0.05, 0.1) is 25.4 Å². The van der Waals surface area contributed by atoms with Crippen LogP contribution in [0.4, 0.5) is 0 Å². The quantitative estimate of drug-likeness (QED) is 0.0320. The number of amides is 1. The minimum Gasteiger partial charge on any atom is -0.466 e. The third kappa shape index (κ3) is 59.1. The lowest BCUT2D eigenvalue weighted by Gasteiger charge is -2.20. The van der Waals surface area contributed by atoms with Gasteiger partial charge in [0.1, 0.15) is 0 Å². The van der Waals surface area contributed by atoms with Gasteiger partial charge in [-0.15, -0.1) is 0 Å². The monoisotopic (exact) mass is 1040 g/mol. The molecule has 0 spiro atoms.